The molecular formula is C17H20N6O3. The number of aromatic nitrogens is 5. The number of aliphatic hydroxyl groups is 1. The molecule has 26 heavy (non-hydrogen) atoms. The van der Waals surface area contributed by atoms with E-state index in [9.17, 15) is 9.90 Å². The van der Waals surface area contributed by atoms with Gasteiger partial charge in [-0.25, -0.2) is 9.97 Å². The first-order chi connectivity index (χ1) is 12.6. The second kappa shape index (κ2) is 6.41. The first-order valence-electron chi connectivity index (χ1n) is 8.52. The third-order valence-corrected chi connectivity index (χ3v) is 4.65. The van der Waals surface area contributed by atoms with Crippen molar-refractivity contribution in [3.05, 3.63) is 53.5 Å². The van der Waals surface area contributed by atoms with E-state index in [1.807, 2.05) is 24.7 Å². The lowest BCUT2D eigenvalue weighted by Gasteiger charge is -2.27. The minimum absolute atomic E-state index is 0.144. The molecule has 1 N–H and O–H groups in total. The Morgan fingerprint density at radius 2 is 2.23 bits per heavy atom. The third kappa shape index (κ3) is 2.70. The summed E-state index contributed by atoms with van der Waals surface area (Å²) in [4.78, 5) is 22.7. The SMILES string of the molecule is CCc1ocnc1C(=O)N1CCn2nc([C@H](O)c3nccn3C)cc2C1. The summed E-state index contributed by atoms with van der Waals surface area (Å²) in [5.41, 5.74) is 1.77. The fourth-order valence-corrected chi connectivity index (χ4v) is 3.21. The van der Waals surface area contributed by atoms with Gasteiger partial charge in [-0.1, -0.05) is 6.92 Å². The zero-order chi connectivity index (χ0) is 18.3. The molecule has 3 aromatic rings. The van der Waals surface area contributed by atoms with Crippen molar-refractivity contribution in [2.24, 2.45) is 7.05 Å². The molecule has 1 aliphatic heterocycles. The van der Waals surface area contributed by atoms with Gasteiger partial charge in [0.2, 0.25) is 0 Å². The fraction of sp³-hybridized carbons (Fsp3) is 0.412. The number of aryl methyl sites for hydroxylation is 2. The zero-order valence-electron chi connectivity index (χ0n) is 14.7. The van der Waals surface area contributed by atoms with E-state index in [2.05, 4.69) is 15.1 Å². The topological polar surface area (TPSA) is 102 Å². The summed E-state index contributed by atoms with van der Waals surface area (Å²) >= 11 is 0. The molecule has 4 rings (SSSR count). The minimum atomic E-state index is -0.903. The molecule has 9 heteroatoms. The van der Waals surface area contributed by atoms with Gasteiger partial charge >= 0.3 is 0 Å². The summed E-state index contributed by atoms with van der Waals surface area (Å²) in [6.07, 6.45) is 4.43. The van der Waals surface area contributed by atoms with Crippen LogP contribution >= 0.6 is 0 Å². The Hall–Kier alpha value is -2.94. The van der Waals surface area contributed by atoms with Crippen LogP contribution in [0.2, 0.25) is 0 Å². The van der Waals surface area contributed by atoms with Crippen LogP contribution in [0.15, 0.2) is 29.3 Å². The first kappa shape index (κ1) is 16.5. The molecule has 0 unspecified atom stereocenters. The number of rotatable bonds is 4. The molecule has 0 spiro atoms. The number of carbonyl (C=O) groups is 1. The standard InChI is InChI=1S/C17H20N6O3/c1-3-13-14(19-10-26-13)17(25)22-6-7-23-11(9-22)8-12(20-23)15(24)16-18-4-5-21(16)2/h4-5,8,10,15,24H,3,6-7,9H2,1-2H3/t15-/m0/s1. The van der Waals surface area contributed by atoms with Gasteiger partial charge in [0.25, 0.3) is 5.91 Å². The van der Waals surface area contributed by atoms with Gasteiger partial charge in [0.1, 0.15) is 11.6 Å². The molecule has 0 bridgehead atoms. The summed E-state index contributed by atoms with van der Waals surface area (Å²) in [5.74, 6) is 0.984. The highest BCUT2D eigenvalue weighted by molar-refractivity contribution is 5.93. The molecule has 4 heterocycles. The van der Waals surface area contributed by atoms with E-state index in [0.717, 1.165) is 5.69 Å². The van der Waals surface area contributed by atoms with E-state index in [1.54, 1.807) is 21.9 Å². The molecule has 0 aliphatic carbocycles. The van der Waals surface area contributed by atoms with Crippen LogP contribution in [-0.4, -0.2) is 46.8 Å². The second-order valence-corrected chi connectivity index (χ2v) is 6.29. The highest BCUT2D eigenvalue weighted by Gasteiger charge is 2.28. The van der Waals surface area contributed by atoms with Gasteiger partial charge < -0.3 is 19.0 Å². The lowest BCUT2D eigenvalue weighted by atomic mass is 10.2. The second-order valence-electron chi connectivity index (χ2n) is 6.29. The van der Waals surface area contributed by atoms with E-state index >= 15 is 0 Å². The number of fused-ring (bicyclic) bond motifs is 1. The number of aliphatic hydroxyl groups excluding tert-OH is 1. The largest absolute Gasteiger partial charge is 0.448 e. The first-order valence-corrected chi connectivity index (χ1v) is 8.52. The lowest BCUT2D eigenvalue weighted by molar-refractivity contribution is 0.0698. The molecule has 9 nitrogen and oxygen atoms in total. The van der Waals surface area contributed by atoms with Gasteiger partial charge in [-0.05, 0) is 6.07 Å². The maximum atomic E-state index is 12.7. The summed E-state index contributed by atoms with van der Waals surface area (Å²) in [6, 6.07) is 1.82. The number of amides is 1. The molecule has 0 radical (unpaired) electrons. The number of carbonyl (C=O) groups excluding carboxylic acids is 1. The normalized spacial score (nSPS) is 15.1. The van der Waals surface area contributed by atoms with Crippen LogP contribution in [-0.2, 0) is 26.6 Å². The van der Waals surface area contributed by atoms with Crippen molar-refractivity contribution in [1.82, 2.24) is 29.2 Å². The van der Waals surface area contributed by atoms with Gasteiger partial charge in [0, 0.05) is 32.4 Å². The molecule has 136 valence electrons. The molecule has 0 saturated heterocycles. The van der Waals surface area contributed by atoms with Crippen LogP contribution in [0, 0.1) is 0 Å². The summed E-state index contributed by atoms with van der Waals surface area (Å²) in [5, 5.41) is 15.0. The Morgan fingerprint density at radius 1 is 1.38 bits per heavy atom. The average Bonchev–Trinajstić information content (AvgIpc) is 3.38. The van der Waals surface area contributed by atoms with Gasteiger partial charge in [-0.3, -0.25) is 9.48 Å². The summed E-state index contributed by atoms with van der Waals surface area (Å²) in [6.45, 7) is 3.43. The predicted octanol–water partition coefficient (Wildman–Crippen LogP) is 0.905. The summed E-state index contributed by atoms with van der Waals surface area (Å²) in [7, 11) is 1.82. The minimum Gasteiger partial charge on any atom is -0.448 e. The van der Waals surface area contributed by atoms with Crippen molar-refractivity contribution in [1.29, 1.82) is 0 Å². The maximum Gasteiger partial charge on any atom is 0.276 e. The van der Waals surface area contributed by atoms with Gasteiger partial charge in [-0.15, -0.1) is 0 Å². The maximum absolute atomic E-state index is 12.7. The van der Waals surface area contributed by atoms with Gasteiger partial charge in [-0.2, -0.15) is 5.10 Å². The monoisotopic (exact) mass is 356 g/mol. The number of oxazole rings is 1. The van der Waals surface area contributed by atoms with Crippen molar-refractivity contribution < 1.29 is 14.3 Å². The van der Waals surface area contributed by atoms with Crippen LogP contribution in [0.25, 0.3) is 0 Å². The van der Waals surface area contributed by atoms with Crippen molar-refractivity contribution in [3.63, 3.8) is 0 Å². The van der Waals surface area contributed by atoms with E-state index < -0.39 is 6.10 Å². The Bertz CT molecular complexity index is 940. The molecule has 0 aromatic carbocycles. The molecule has 0 fully saturated rings. The van der Waals surface area contributed by atoms with Crippen molar-refractivity contribution in [3.8, 4) is 0 Å². The number of nitrogens with zero attached hydrogens (tertiary/aromatic N) is 6. The number of hydrogen-bond donors (Lipinski definition) is 1. The van der Waals surface area contributed by atoms with E-state index in [4.69, 9.17) is 4.42 Å². The zero-order valence-corrected chi connectivity index (χ0v) is 14.7. The summed E-state index contributed by atoms with van der Waals surface area (Å²) < 4.78 is 8.85. The molecule has 1 atom stereocenters. The van der Waals surface area contributed by atoms with Crippen molar-refractivity contribution in [2.75, 3.05) is 6.54 Å². The number of imidazole rings is 1. The third-order valence-electron chi connectivity index (χ3n) is 4.65. The Labute approximate surface area is 149 Å². The van der Waals surface area contributed by atoms with Crippen LogP contribution in [0.1, 0.15) is 46.5 Å². The molecule has 1 amide bonds. The molecule has 3 aromatic heterocycles. The van der Waals surface area contributed by atoms with E-state index in [0.29, 0.717) is 49.0 Å². The smallest absolute Gasteiger partial charge is 0.276 e. The van der Waals surface area contributed by atoms with E-state index in [1.165, 1.54) is 6.39 Å². The molecule has 0 saturated carbocycles. The van der Waals surface area contributed by atoms with Crippen molar-refractivity contribution in [2.45, 2.75) is 32.5 Å². The van der Waals surface area contributed by atoms with Crippen LogP contribution in [0.4, 0.5) is 0 Å². The quantitative estimate of drug-likeness (QED) is 0.745. The Balaban J connectivity index is 1.55. The van der Waals surface area contributed by atoms with Crippen LogP contribution < -0.4 is 0 Å². The van der Waals surface area contributed by atoms with E-state index in [-0.39, 0.29) is 5.91 Å². The average molecular weight is 356 g/mol. The number of hydrogen-bond acceptors (Lipinski definition) is 6. The van der Waals surface area contributed by atoms with Crippen molar-refractivity contribution >= 4 is 5.91 Å². The van der Waals surface area contributed by atoms with Gasteiger partial charge in [0.15, 0.2) is 18.2 Å². The Morgan fingerprint density at radius 3 is 2.96 bits per heavy atom. The Kier molecular flexibility index (Phi) is 4.08. The van der Waals surface area contributed by atoms with Crippen LogP contribution in [0.5, 0.6) is 0 Å². The highest BCUT2D eigenvalue weighted by Crippen LogP contribution is 2.23. The predicted molar refractivity (Wildman–Crippen MR) is 90.1 cm³/mol. The van der Waals surface area contributed by atoms with Crippen LogP contribution in [0.3, 0.4) is 0 Å². The van der Waals surface area contributed by atoms with Gasteiger partial charge in [0.05, 0.1) is 24.5 Å². The molecular weight excluding hydrogens is 336 g/mol. The highest BCUT2D eigenvalue weighted by atomic mass is 16.3. The fourth-order valence-electron chi connectivity index (χ4n) is 3.21. The lowest BCUT2D eigenvalue weighted by Crippen LogP contribution is -2.38. The molecule has 1 aliphatic rings.